The Morgan fingerprint density at radius 3 is 2.94 bits per heavy atom. The van der Waals surface area contributed by atoms with E-state index in [0.717, 1.165) is 25.2 Å². The summed E-state index contributed by atoms with van der Waals surface area (Å²) in [7, 11) is 0. The van der Waals surface area contributed by atoms with Gasteiger partial charge in [-0.25, -0.2) is 9.97 Å². The van der Waals surface area contributed by atoms with Crippen LogP contribution in [-0.2, 0) is 12.8 Å². The molecule has 2 rings (SSSR count). The lowest BCUT2D eigenvalue weighted by Crippen LogP contribution is -2.20. The lowest BCUT2D eigenvalue weighted by atomic mass is 10.1. The quantitative estimate of drug-likeness (QED) is 0.821. The molecule has 1 aliphatic carbocycles. The number of fused-ring (bicyclic) bond motifs is 1. The van der Waals surface area contributed by atoms with Gasteiger partial charge >= 0.3 is 0 Å². The summed E-state index contributed by atoms with van der Waals surface area (Å²) >= 11 is 6.21. The summed E-state index contributed by atoms with van der Waals surface area (Å²) in [6, 6.07) is 0. The Bertz CT molecular complexity index is 365. The van der Waals surface area contributed by atoms with Crippen molar-refractivity contribution < 1.29 is 0 Å². The van der Waals surface area contributed by atoms with Gasteiger partial charge in [0.25, 0.3) is 0 Å². The maximum Gasteiger partial charge on any atom is 0.132 e. The maximum atomic E-state index is 6.21. The average molecular weight is 240 g/mol. The van der Waals surface area contributed by atoms with Gasteiger partial charge < -0.3 is 5.32 Å². The van der Waals surface area contributed by atoms with Crippen LogP contribution in [0.1, 0.15) is 31.5 Å². The van der Waals surface area contributed by atoms with Crippen molar-refractivity contribution in [3.05, 3.63) is 17.6 Å². The molecule has 0 bridgehead atoms. The Labute approximate surface area is 102 Å². The normalized spacial score (nSPS) is 16.2. The van der Waals surface area contributed by atoms with Crippen molar-refractivity contribution in [2.45, 2.75) is 38.5 Å². The zero-order valence-electron chi connectivity index (χ0n) is 9.83. The number of anilines is 1. The van der Waals surface area contributed by atoms with E-state index in [0.29, 0.717) is 5.92 Å². The first-order valence-electron chi connectivity index (χ1n) is 5.89. The Kier molecular flexibility index (Phi) is 3.64. The van der Waals surface area contributed by atoms with Gasteiger partial charge in [0, 0.05) is 17.8 Å². The van der Waals surface area contributed by atoms with Gasteiger partial charge in [-0.05, 0) is 25.2 Å². The van der Waals surface area contributed by atoms with Gasteiger partial charge in [-0.1, -0.05) is 13.8 Å². The fraction of sp³-hybridized carbons (Fsp3) is 0.667. The molecule has 1 aliphatic rings. The lowest BCUT2D eigenvalue weighted by Gasteiger charge is -2.15. The molecular weight excluding hydrogens is 222 g/mol. The second kappa shape index (κ2) is 5.00. The summed E-state index contributed by atoms with van der Waals surface area (Å²) in [5.41, 5.74) is 2.49. The first kappa shape index (κ1) is 11.6. The molecule has 16 heavy (non-hydrogen) atoms. The summed E-state index contributed by atoms with van der Waals surface area (Å²) in [5.74, 6) is 1.46. The second-order valence-corrected chi connectivity index (χ2v) is 5.20. The number of halogens is 1. The third-order valence-corrected chi connectivity index (χ3v) is 3.72. The third kappa shape index (κ3) is 2.46. The number of hydrogen-bond acceptors (Lipinski definition) is 3. The number of rotatable bonds is 4. The zero-order valence-corrected chi connectivity index (χ0v) is 10.6. The van der Waals surface area contributed by atoms with E-state index in [4.69, 9.17) is 11.6 Å². The molecule has 0 amide bonds. The topological polar surface area (TPSA) is 37.8 Å². The molecule has 0 radical (unpaired) electrons. The average Bonchev–Trinajstić information content (AvgIpc) is 2.73. The Hall–Kier alpha value is -0.830. The minimum Gasteiger partial charge on any atom is -0.368 e. The van der Waals surface area contributed by atoms with E-state index in [1.165, 1.54) is 17.7 Å². The van der Waals surface area contributed by atoms with Crippen molar-refractivity contribution in [1.82, 2.24) is 9.97 Å². The first-order chi connectivity index (χ1) is 7.68. The van der Waals surface area contributed by atoms with E-state index < -0.39 is 0 Å². The number of nitrogens with zero attached hydrogens (tertiary/aromatic N) is 2. The van der Waals surface area contributed by atoms with Crippen LogP contribution in [0.2, 0.25) is 0 Å². The van der Waals surface area contributed by atoms with E-state index >= 15 is 0 Å². The van der Waals surface area contributed by atoms with Crippen LogP contribution in [0, 0.1) is 5.92 Å². The molecule has 1 atom stereocenters. The van der Waals surface area contributed by atoms with Crippen LogP contribution in [0.25, 0.3) is 0 Å². The molecule has 88 valence electrons. The predicted molar refractivity (Wildman–Crippen MR) is 67.0 cm³/mol. The molecule has 3 nitrogen and oxygen atoms in total. The highest BCUT2D eigenvalue weighted by Crippen LogP contribution is 2.25. The van der Waals surface area contributed by atoms with Crippen LogP contribution in [0.15, 0.2) is 6.33 Å². The van der Waals surface area contributed by atoms with E-state index in [-0.39, 0.29) is 5.38 Å². The second-order valence-electron chi connectivity index (χ2n) is 4.64. The number of aryl methyl sites for hydroxylation is 1. The molecular formula is C12H18ClN3. The summed E-state index contributed by atoms with van der Waals surface area (Å²) < 4.78 is 0. The SMILES string of the molecule is CC(C)C(Cl)CNc1ncnc2c1CCC2. The zero-order chi connectivity index (χ0) is 11.5. The highest BCUT2D eigenvalue weighted by Gasteiger charge is 2.17. The summed E-state index contributed by atoms with van der Waals surface area (Å²) in [6.07, 6.45) is 5.01. The maximum absolute atomic E-state index is 6.21. The van der Waals surface area contributed by atoms with Gasteiger partial charge in [-0.2, -0.15) is 0 Å². The van der Waals surface area contributed by atoms with Crippen LogP contribution in [0.5, 0.6) is 0 Å². The number of nitrogens with one attached hydrogen (secondary N) is 1. The van der Waals surface area contributed by atoms with E-state index in [9.17, 15) is 0 Å². The standard InChI is InChI=1S/C12H18ClN3/c1-8(2)10(13)6-14-12-9-4-3-5-11(9)15-7-16-12/h7-8,10H,3-6H2,1-2H3,(H,14,15,16). The molecule has 1 aromatic rings. The molecule has 1 heterocycles. The van der Waals surface area contributed by atoms with Gasteiger partial charge in [0.05, 0.1) is 5.38 Å². The highest BCUT2D eigenvalue weighted by molar-refractivity contribution is 6.21. The van der Waals surface area contributed by atoms with Crippen molar-refractivity contribution in [1.29, 1.82) is 0 Å². The van der Waals surface area contributed by atoms with Crippen molar-refractivity contribution in [3.8, 4) is 0 Å². The molecule has 0 saturated carbocycles. The molecule has 0 aliphatic heterocycles. The third-order valence-electron chi connectivity index (χ3n) is 3.06. The molecule has 4 heteroatoms. The number of aromatic nitrogens is 2. The van der Waals surface area contributed by atoms with Gasteiger partial charge in [-0.15, -0.1) is 11.6 Å². The van der Waals surface area contributed by atoms with E-state index in [2.05, 4.69) is 29.1 Å². The van der Waals surface area contributed by atoms with Crippen LogP contribution in [0.4, 0.5) is 5.82 Å². The molecule has 0 fully saturated rings. The largest absolute Gasteiger partial charge is 0.368 e. The number of hydrogen-bond donors (Lipinski definition) is 1. The van der Waals surface area contributed by atoms with Crippen molar-refractivity contribution in [2.24, 2.45) is 5.92 Å². The van der Waals surface area contributed by atoms with Gasteiger partial charge in [0.1, 0.15) is 12.1 Å². The van der Waals surface area contributed by atoms with Crippen LogP contribution >= 0.6 is 11.6 Å². The van der Waals surface area contributed by atoms with Gasteiger partial charge in [0.15, 0.2) is 0 Å². The van der Waals surface area contributed by atoms with E-state index in [1.807, 2.05) is 0 Å². The van der Waals surface area contributed by atoms with Crippen LogP contribution in [-0.4, -0.2) is 21.9 Å². The molecule has 0 aromatic carbocycles. The van der Waals surface area contributed by atoms with Crippen molar-refractivity contribution in [3.63, 3.8) is 0 Å². The smallest absolute Gasteiger partial charge is 0.132 e. The fourth-order valence-electron chi connectivity index (χ4n) is 1.94. The molecule has 0 saturated heterocycles. The van der Waals surface area contributed by atoms with Gasteiger partial charge in [-0.3, -0.25) is 0 Å². The summed E-state index contributed by atoms with van der Waals surface area (Å²) in [4.78, 5) is 8.60. The van der Waals surface area contributed by atoms with E-state index in [1.54, 1.807) is 6.33 Å². The molecule has 1 N–H and O–H groups in total. The predicted octanol–water partition coefficient (Wildman–Crippen LogP) is 2.64. The molecule has 1 aromatic heterocycles. The molecule has 1 unspecified atom stereocenters. The Balaban J connectivity index is 2.03. The fourth-order valence-corrected chi connectivity index (χ4v) is 2.02. The summed E-state index contributed by atoms with van der Waals surface area (Å²) in [6.45, 7) is 5.02. The summed E-state index contributed by atoms with van der Waals surface area (Å²) in [5, 5.41) is 3.49. The van der Waals surface area contributed by atoms with Crippen molar-refractivity contribution >= 4 is 17.4 Å². The minimum absolute atomic E-state index is 0.145. The van der Waals surface area contributed by atoms with Crippen LogP contribution < -0.4 is 5.32 Å². The number of alkyl halides is 1. The van der Waals surface area contributed by atoms with Gasteiger partial charge in [0.2, 0.25) is 0 Å². The minimum atomic E-state index is 0.145. The highest BCUT2D eigenvalue weighted by atomic mass is 35.5. The molecule has 0 spiro atoms. The monoisotopic (exact) mass is 239 g/mol. The Morgan fingerprint density at radius 1 is 1.38 bits per heavy atom. The van der Waals surface area contributed by atoms with Crippen LogP contribution in [0.3, 0.4) is 0 Å². The van der Waals surface area contributed by atoms with Crippen molar-refractivity contribution in [2.75, 3.05) is 11.9 Å². The Morgan fingerprint density at radius 2 is 2.19 bits per heavy atom. The first-order valence-corrected chi connectivity index (χ1v) is 6.33. The lowest BCUT2D eigenvalue weighted by molar-refractivity contribution is 0.615.